The second-order valence-electron chi connectivity index (χ2n) is 9.16. The molecule has 1 heterocycles. The molecule has 1 aliphatic rings. The number of carboxylic acids is 1. The fraction of sp³-hybridized carbons (Fsp3) is 0.161. The summed E-state index contributed by atoms with van der Waals surface area (Å²) in [4.78, 5) is 24.5. The van der Waals surface area contributed by atoms with Crippen molar-refractivity contribution in [2.75, 3.05) is 13.2 Å². The summed E-state index contributed by atoms with van der Waals surface area (Å²) in [5.41, 5.74) is 1.87. The summed E-state index contributed by atoms with van der Waals surface area (Å²) in [7, 11) is 0. The van der Waals surface area contributed by atoms with E-state index < -0.39 is 18.0 Å². The summed E-state index contributed by atoms with van der Waals surface area (Å²) in [6.07, 6.45) is -0.0541. The number of hydrogen-bond acceptors (Lipinski definition) is 5. The molecule has 2 atom stereocenters. The zero-order valence-corrected chi connectivity index (χ0v) is 22.7. The van der Waals surface area contributed by atoms with Crippen LogP contribution >= 0.6 is 23.2 Å². The van der Waals surface area contributed by atoms with Crippen LogP contribution in [-0.4, -0.2) is 30.1 Å². The van der Waals surface area contributed by atoms with Crippen LogP contribution in [0.25, 0.3) is 0 Å². The van der Waals surface area contributed by atoms with Gasteiger partial charge in [-0.15, -0.1) is 0 Å². The predicted octanol–water partition coefficient (Wildman–Crippen LogP) is 7.29. The van der Waals surface area contributed by atoms with Gasteiger partial charge in [0.15, 0.2) is 0 Å². The van der Waals surface area contributed by atoms with E-state index in [0.717, 1.165) is 5.56 Å². The summed E-state index contributed by atoms with van der Waals surface area (Å²) >= 11 is 12.5. The lowest BCUT2D eigenvalue weighted by molar-refractivity contribution is -0.139. The summed E-state index contributed by atoms with van der Waals surface area (Å²) in [5, 5.41) is 13.2. The molecular formula is C31H25Cl2NO6. The van der Waals surface area contributed by atoms with Crippen molar-refractivity contribution in [3.05, 3.63) is 118 Å². The van der Waals surface area contributed by atoms with E-state index in [1.807, 2.05) is 36.4 Å². The second kappa shape index (κ2) is 12.3. The standard InChI is InChI=1S/C31H25Cl2NO6/c32-21-7-4-8-23(15-21)40-29(19-5-2-1-3-6-19)18-34-30(35)20-9-11-22(12-10-20)39-28-17-27-25(16-26(28)33)24(31(36)37)13-14-38-27/h1-12,15-17,24,29H,13-14,18H2,(H,34,35)(H,36,37). The number of carbonyl (C=O) groups excluding carboxylic acids is 1. The Balaban J connectivity index is 1.25. The van der Waals surface area contributed by atoms with Gasteiger partial charge in [-0.1, -0.05) is 59.6 Å². The van der Waals surface area contributed by atoms with Gasteiger partial charge in [-0.05, 0) is 60.5 Å². The van der Waals surface area contributed by atoms with E-state index >= 15 is 0 Å². The van der Waals surface area contributed by atoms with Gasteiger partial charge in [0.1, 0.15) is 29.1 Å². The smallest absolute Gasteiger partial charge is 0.311 e. The van der Waals surface area contributed by atoms with Gasteiger partial charge in [0.05, 0.1) is 24.1 Å². The Hall–Kier alpha value is -4.20. The molecule has 5 rings (SSSR count). The van der Waals surface area contributed by atoms with E-state index in [0.29, 0.717) is 52.2 Å². The highest BCUT2D eigenvalue weighted by molar-refractivity contribution is 6.32. The summed E-state index contributed by atoms with van der Waals surface area (Å²) in [6.45, 7) is 0.528. The molecule has 0 aliphatic carbocycles. The predicted molar refractivity (Wildman–Crippen MR) is 152 cm³/mol. The Bertz CT molecular complexity index is 1510. The molecule has 1 aliphatic heterocycles. The first-order valence-electron chi connectivity index (χ1n) is 12.6. The molecule has 0 saturated carbocycles. The molecule has 0 aromatic heterocycles. The number of nitrogens with one attached hydrogen (secondary N) is 1. The molecule has 40 heavy (non-hydrogen) atoms. The third-order valence-electron chi connectivity index (χ3n) is 6.44. The molecule has 2 unspecified atom stereocenters. The van der Waals surface area contributed by atoms with Crippen molar-refractivity contribution in [3.8, 4) is 23.0 Å². The van der Waals surface area contributed by atoms with Crippen LogP contribution in [0.4, 0.5) is 0 Å². The fourth-order valence-electron chi connectivity index (χ4n) is 4.41. The molecule has 9 heteroatoms. The average Bonchev–Trinajstić information content (AvgIpc) is 2.96. The number of halogens is 2. The molecule has 1 amide bonds. The Morgan fingerprint density at radius 3 is 2.45 bits per heavy atom. The molecule has 2 N–H and O–H groups in total. The monoisotopic (exact) mass is 577 g/mol. The highest BCUT2D eigenvalue weighted by Crippen LogP contribution is 2.41. The minimum Gasteiger partial charge on any atom is -0.493 e. The molecule has 0 saturated heterocycles. The molecule has 0 bridgehead atoms. The third-order valence-corrected chi connectivity index (χ3v) is 6.97. The maximum absolute atomic E-state index is 12.9. The first-order valence-corrected chi connectivity index (χ1v) is 13.4. The Morgan fingerprint density at radius 2 is 1.73 bits per heavy atom. The van der Waals surface area contributed by atoms with Gasteiger partial charge in [-0.2, -0.15) is 0 Å². The van der Waals surface area contributed by atoms with Crippen LogP contribution in [0.5, 0.6) is 23.0 Å². The van der Waals surface area contributed by atoms with Gasteiger partial charge >= 0.3 is 5.97 Å². The molecule has 0 radical (unpaired) electrons. The van der Waals surface area contributed by atoms with Crippen molar-refractivity contribution >= 4 is 35.1 Å². The van der Waals surface area contributed by atoms with E-state index in [9.17, 15) is 14.7 Å². The quantitative estimate of drug-likeness (QED) is 0.217. The van der Waals surface area contributed by atoms with E-state index in [-0.39, 0.29) is 17.5 Å². The van der Waals surface area contributed by atoms with Gasteiger partial charge in [0.25, 0.3) is 5.91 Å². The van der Waals surface area contributed by atoms with Gasteiger partial charge < -0.3 is 24.6 Å². The number of rotatable bonds is 9. The Labute approximate surface area is 241 Å². The minimum atomic E-state index is -0.922. The van der Waals surface area contributed by atoms with Gasteiger partial charge in [0.2, 0.25) is 0 Å². The Kier molecular flexibility index (Phi) is 8.43. The Morgan fingerprint density at radius 1 is 0.950 bits per heavy atom. The molecule has 7 nitrogen and oxygen atoms in total. The van der Waals surface area contributed by atoms with E-state index in [2.05, 4.69) is 5.32 Å². The van der Waals surface area contributed by atoms with Crippen LogP contribution in [0, 0.1) is 0 Å². The number of hydrogen-bond donors (Lipinski definition) is 2. The topological polar surface area (TPSA) is 94.1 Å². The van der Waals surface area contributed by atoms with Crippen LogP contribution in [-0.2, 0) is 4.79 Å². The maximum Gasteiger partial charge on any atom is 0.311 e. The fourth-order valence-corrected chi connectivity index (χ4v) is 4.80. The molecule has 0 fully saturated rings. The van der Waals surface area contributed by atoms with Gasteiger partial charge in [-0.25, -0.2) is 0 Å². The van der Waals surface area contributed by atoms with Crippen LogP contribution in [0.15, 0.2) is 91.0 Å². The number of benzene rings is 4. The maximum atomic E-state index is 12.9. The highest BCUT2D eigenvalue weighted by Gasteiger charge is 2.29. The van der Waals surface area contributed by atoms with Crippen molar-refractivity contribution < 1.29 is 28.9 Å². The zero-order chi connectivity index (χ0) is 28.1. The van der Waals surface area contributed by atoms with Crippen molar-refractivity contribution in [3.63, 3.8) is 0 Å². The van der Waals surface area contributed by atoms with Crippen molar-refractivity contribution in [1.29, 1.82) is 0 Å². The number of aliphatic carboxylic acids is 1. The van der Waals surface area contributed by atoms with Crippen LogP contribution < -0.4 is 19.5 Å². The second-order valence-corrected chi connectivity index (χ2v) is 10.0. The minimum absolute atomic E-state index is 0.232. The first kappa shape index (κ1) is 27.4. The number of amides is 1. The summed E-state index contributed by atoms with van der Waals surface area (Å²) in [5.74, 6) is -0.0614. The van der Waals surface area contributed by atoms with Crippen molar-refractivity contribution in [2.24, 2.45) is 0 Å². The number of carboxylic acid groups (broad SMARTS) is 1. The lowest BCUT2D eigenvalue weighted by Gasteiger charge is -2.24. The first-order chi connectivity index (χ1) is 19.4. The largest absolute Gasteiger partial charge is 0.493 e. The average molecular weight is 578 g/mol. The van der Waals surface area contributed by atoms with Gasteiger partial charge in [-0.3, -0.25) is 9.59 Å². The van der Waals surface area contributed by atoms with Gasteiger partial charge in [0, 0.05) is 22.2 Å². The van der Waals surface area contributed by atoms with E-state index in [1.165, 1.54) is 0 Å². The summed E-state index contributed by atoms with van der Waals surface area (Å²) < 4.78 is 17.7. The molecule has 204 valence electrons. The zero-order valence-electron chi connectivity index (χ0n) is 21.2. The van der Waals surface area contributed by atoms with Crippen molar-refractivity contribution in [1.82, 2.24) is 5.32 Å². The molecule has 4 aromatic carbocycles. The van der Waals surface area contributed by atoms with Crippen LogP contribution in [0.3, 0.4) is 0 Å². The number of ether oxygens (including phenoxy) is 3. The lowest BCUT2D eigenvalue weighted by atomic mass is 9.93. The normalized spacial score (nSPS) is 14.8. The number of fused-ring (bicyclic) bond motifs is 1. The SMILES string of the molecule is O=C(NCC(Oc1cccc(Cl)c1)c1ccccc1)c1ccc(Oc2cc3c(cc2Cl)C(C(=O)O)CCO3)cc1. The highest BCUT2D eigenvalue weighted by atomic mass is 35.5. The van der Waals surface area contributed by atoms with E-state index in [4.69, 9.17) is 37.4 Å². The van der Waals surface area contributed by atoms with E-state index in [1.54, 1.807) is 54.6 Å². The third kappa shape index (κ3) is 6.50. The van der Waals surface area contributed by atoms with Crippen LogP contribution in [0.2, 0.25) is 10.0 Å². The molecule has 0 spiro atoms. The molecule has 4 aromatic rings. The molecular weight excluding hydrogens is 553 g/mol. The van der Waals surface area contributed by atoms with Crippen LogP contribution in [0.1, 0.15) is 39.9 Å². The summed E-state index contributed by atoms with van der Waals surface area (Å²) in [6, 6.07) is 26.5. The number of carbonyl (C=O) groups is 2. The van der Waals surface area contributed by atoms with Crippen molar-refractivity contribution in [2.45, 2.75) is 18.4 Å². The lowest BCUT2D eigenvalue weighted by Crippen LogP contribution is -2.30.